The predicted molar refractivity (Wildman–Crippen MR) is 187 cm³/mol. The summed E-state index contributed by atoms with van der Waals surface area (Å²) >= 11 is 0. The van der Waals surface area contributed by atoms with Gasteiger partial charge < -0.3 is 30.3 Å². The first-order valence-electron chi connectivity index (χ1n) is 16.7. The van der Waals surface area contributed by atoms with Crippen molar-refractivity contribution in [2.75, 3.05) is 39.8 Å². The second-order valence-electron chi connectivity index (χ2n) is 12.1. The molecular weight excluding hydrogens is 606 g/mol. The molecule has 10 nitrogen and oxygen atoms in total. The van der Waals surface area contributed by atoms with Crippen LogP contribution < -0.4 is 20.7 Å². The lowest BCUT2D eigenvalue weighted by molar-refractivity contribution is -0.123. The molecule has 1 atom stereocenters. The quantitative estimate of drug-likeness (QED) is 0.143. The minimum Gasteiger partial charge on any atom is -0.496 e. The van der Waals surface area contributed by atoms with Crippen LogP contribution in [0.15, 0.2) is 78.9 Å². The molecule has 4 aromatic rings. The Morgan fingerprint density at radius 3 is 2.42 bits per heavy atom. The van der Waals surface area contributed by atoms with Crippen LogP contribution in [0, 0.1) is 6.92 Å². The molecule has 5 rings (SSSR count). The molecule has 48 heavy (non-hydrogen) atoms. The third kappa shape index (κ3) is 9.54. The molecule has 1 aromatic heterocycles. The van der Waals surface area contributed by atoms with E-state index < -0.39 is 12.1 Å². The number of ether oxygens (including phenoxy) is 2. The molecule has 3 N–H and O–H groups in total. The number of para-hydroxylation sites is 1. The van der Waals surface area contributed by atoms with Gasteiger partial charge in [0.15, 0.2) is 0 Å². The number of likely N-dealkylation sites (tertiary alicyclic amines) is 1. The first-order valence-corrected chi connectivity index (χ1v) is 16.7. The number of hydrogen-bond acceptors (Lipinski definition) is 7. The number of rotatable bonds is 15. The molecule has 1 unspecified atom stereocenters. The first kappa shape index (κ1) is 34.4. The van der Waals surface area contributed by atoms with Crippen molar-refractivity contribution in [2.45, 2.75) is 51.7 Å². The average molecular weight is 652 g/mol. The number of pyridine rings is 1. The van der Waals surface area contributed by atoms with Crippen molar-refractivity contribution in [3.05, 3.63) is 95.6 Å². The van der Waals surface area contributed by atoms with E-state index in [1.54, 1.807) is 13.2 Å². The number of carbonyl (C=O) groups is 3. The molecule has 0 aliphatic carbocycles. The molecule has 2 heterocycles. The minimum absolute atomic E-state index is 0.170. The molecule has 1 aliphatic rings. The molecule has 252 valence electrons. The van der Waals surface area contributed by atoms with Crippen molar-refractivity contribution in [2.24, 2.45) is 0 Å². The number of benzene rings is 3. The highest BCUT2D eigenvalue weighted by atomic mass is 16.5. The van der Waals surface area contributed by atoms with Crippen LogP contribution in [0.25, 0.3) is 22.2 Å². The largest absolute Gasteiger partial charge is 0.496 e. The Bertz CT molecular complexity index is 1690. The van der Waals surface area contributed by atoms with E-state index in [1.165, 1.54) is 12.8 Å². The van der Waals surface area contributed by atoms with Crippen LogP contribution in [0.3, 0.4) is 0 Å². The monoisotopic (exact) mass is 651 g/mol. The highest BCUT2D eigenvalue weighted by Gasteiger charge is 2.23. The molecule has 0 bridgehead atoms. The van der Waals surface area contributed by atoms with Crippen molar-refractivity contribution in [1.82, 2.24) is 25.8 Å². The number of aromatic nitrogens is 1. The van der Waals surface area contributed by atoms with Gasteiger partial charge in [-0.25, -0.2) is 9.78 Å². The van der Waals surface area contributed by atoms with Crippen molar-refractivity contribution >= 4 is 28.8 Å². The Morgan fingerprint density at radius 1 is 0.896 bits per heavy atom. The van der Waals surface area contributed by atoms with Gasteiger partial charge in [0.25, 0.3) is 5.91 Å². The SMILES string of the molecule is COc1ccc(-c2cc(C(=O)NC(CCCNC(=O)OCc3ccccc3)C(=O)NCCCN3CCCC3)c3ccccc3n2)cc1C. The smallest absolute Gasteiger partial charge is 0.407 e. The summed E-state index contributed by atoms with van der Waals surface area (Å²) in [6.07, 6.45) is 3.53. The molecule has 1 aliphatic heterocycles. The molecule has 1 fully saturated rings. The zero-order chi connectivity index (χ0) is 33.7. The average Bonchev–Trinajstić information content (AvgIpc) is 3.64. The fraction of sp³-hybridized carbons (Fsp3) is 0.368. The van der Waals surface area contributed by atoms with Crippen LogP contribution in [0.1, 0.15) is 53.6 Å². The number of hydrogen-bond donors (Lipinski definition) is 3. The van der Waals surface area contributed by atoms with Crippen LogP contribution >= 0.6 is 0 Å². The van der Waals surface area contributed by atoms with Gasteiger partial charge in [0.2, 0.25) is 5.91 Å². The van der Waals surface area contributed by atoms with E-state index in [-0.39, 0.29) is 18.4 Å². The Hall–Kier alpha value is -4.96. The van der Waals surface area contributed by atoms with Gasteiger partial charge in [-0.05, 0) is 100 Å². The van der Waals surface area contributed by atoms with Gasteiger partial charge in [-0.3, -0.25) is 9.59 Å². The summed E-state index contributed by atoms with van der Waals surface area (Å²) in [6, 6.07) is 23.7. The number of alkyl carbamates (subject to hydrolysis) is 1. The third-order valence-corrected chi connectivity index (χ3v) is 8.57. The van der Waals surface area contributed by atoms with E-state index in [2.05, 4.69) is 20.9 Å². The van der Waals surface area contributed by atoms with Crippen LogP contribution in [0.2, 0.25) is 0 Å². The number of fused-ring (bicyclic) bond motifs is 1. The van der Waals surface area contributed by atoms with Gasteiger partial charge >= 0.3 is 6.09 Å². The molecule has 10 heteroatoms. The number of carbonyl (C=O) groups excluding carboxylic acids is 3. The van der Waals surface area contributed by atoms with Gasteiger partial charge in [-0.1, -0.05) is 48.5 Å². The molecule has 3 amide bonds. The van der Waals surface area contributed by atoms with E-state index >= 15 is 0 Å². The van der Waals surface area contributed by atoms with Gasteiger partial charge in [0.1, 0.15) is 18.4 Å². The molecule has 0 saturated carbocycles. The summed E-state index contributed by atoms with van der Waals surface area (Å²) in [7, 11) is 1.63. The summed E-state index contributed by atoms with van der Waals surface area (Å²) in [5.41, 5.74) is 4.45. The normalized spacial score (nSPS) is 13.5. The summed E-state index contributed by atoms with van der Waals surface area (Å²) in [4.78, 5) is 46.9. The zero-order valence-corrected chi connectivity index (χ0v) is 27.8. The summed E-state index contributed by atoms with van der Waals surface area (Å²) in [5, 5.41) is 9.47. The summed E-state index contributed by atoms with van der Waals surface area (Å²) < 4.78 is 10.7. The van der Waals surface area contributed by atoms with Crippen LogP contribution in [0.4, 0.5) is 4.79 Å². The van der Waals surface area contributed by atoms with Crippen molar-refractivity contribution in [3.63, 3.8) is 0 Å². The maximum absolute atomic E-state index is 14.0. The predicted octanol–water partition coefficient (Wildman–Crippen LogP) is 5.63. The fourth-order valence-electron chi connectivity index (χ4n) is 5.97. The lowest BCUT2D eigenvalue weighted by Gasteiger charge is -2.20. The maximum atomic E-state index is 14.0. The maximum Gasteiger partial charge on any atom is 0.407 e. The molecule has 1 saturated heterocycles. The minimum atomic E-state index is -0.801. The van der Waals surface area contributed by atoms with Gasteiger partial charge in [0.05, 0.1) is 23.9 Å². The molecule has 0 spiro atoms. The highest BCUT2D eigenvalue weighted by Crippen LogP contribution is 2.28. The van der Waals surface area contributed by atoms with E-state index in [0.29, 0.717) is 48.1 Å². The van der Waals surface area contributed by atoms with E-state index in [9.17, 15) is 14.4 Å². The topological polar surface area (TPSA) is 122 Å². The third-order valence-electron chi connectivity index (χ3n) is 8.57. The Labute approximate surface area is 282 Å². The second-order valence-corrected chi connectivity index (χ2v) is 12.1. The van der Waals surface area contributed by atoms with Crippen LogP contribution in [-0.4, -0.2) is 73.7 Å². The second kappa shape index (κ2) is 17.3. The number of nitrogens with one attached hydrogen (secondary N) is 3. The molecule has 0 radical (unpaired) electrons. The number of nitrogens with zero attached hydrogens (tertiary/aromatic N) is 2. The zero-order valence-electron chi connectivity index (χ0n) is 27.8. The fourth-order valence-corrected chi connectivity index (χ4v) is 5.97. The van der Waals surface area contributed by atoms with Crippen molar-refractivity contribution in [3.8, 4) is 17.0 Å². The Morgan fingerprint density at radius 2 is 1.65 bits per heavy atom. The standard InChI is InChI=1S/C38H45N5O5/c1-27-24-29(17-18-35(27)47-2)34-25-31(30-14-6-7-15-32(30)41-34)36(44)42-33(37(45)39-20-11-23-43-21-8-9-22-43)16-10-19-40-38(46)48-26-28-12-4-3-5-13-28/h3-7,12-15,17-18,24-25,33H,8-11,16,19-23,26H2,1-2H3,(H,39,45)(H,40,46)(H,42,44). The first-order chi connectivity index (χ1) is 23.4. The van der Waals surface area contributed by atoms with E-state index in [1.807, 2.05) is 79.7 Å². The summed E-state index contributed by atoms with van der Waals surface area (Å²) in [6.45, 7) is 6.08. The number of amides is 3. The van der Waals surface area contributed by atoms with Crippen molar-refractivity contribution < 1.29 is 23.9 Å². The lowest BCUT2D eigenvalue weighted by atomic mass is 10.0. The Kier molecular flexibility index (Phi) is 12.4. The van der Waals surface area contributed by atoms with Crippen molar-refractivity contribution in [1.29, 1.82) is 0 Å². The highest BCUT2D eigenvalue weighted by molar-refractivity contribution is 6.08. The molecule has 3 aromatic carbocycles. The molecular formula is C38H45N5O5. The van der Waals surface area contributed by atoms with Gasteiger partial charge in [-0.2, -0.15) is 0 Å². The lowest BCUT2D eigenvalue weighted by Crippen LogP contribution is -2.47. The van der Waals surface area contributed by atoms with Gasteiger partial charge in [-0.15, -0.1) is 0 Å². The van der Waals surface area contributed by atoms with E-state index in [4.69, 9.17) is 14.5 Å². The van der Waals surface area contributed by atoms with E-state index in [0.717, 1.165) is 48.5 Å². The van der Waals surface area contributed by atoms with Gasteiger partial charge in [0, 0.05) is 24.0 Å². The van der Waals surface area contributed by atoms with Crippen LogP contribution in [0.5, 0.6) is 5.75 Å². The number of aryl methyl sites for hydroxylation is 1. The number of methoxy groups -OCH3 is 1. The van der Waals surface area contributed by atoms with Crippen LogP contribution in [-0.2, 0) is 16.1 Å². The summed E-state index contributed by atoms with van der Waals surface area (Å²) in [5.74, 6) is 0.152. The Balaban J connectivity index is 1.26.